The molecule has 124 valence electrons. The fraction of sp³-hybridized carbons (Fsp3) is 0.238. The number of esters is 1. The van der Waals surface area contributed by atoms with E-state index in [0.717, 1.165) is 22.4 Å². The van der Waals surface area contributed by atoms with Gasteiger partial charge in [-0.25, -0.2) is 4.79 Å². The van der Waals surface area contributed by atoms with Crippen molar-refractivity contribution in [2.45, 2.75) is 26.3 Å². The van der Waals surface area contributed by atoms with E-state index in [1.54, 1.807) is 6.92 Å². The zero-order valence-corrected chi connectivity index (χ0v) is 14.2. The Morgan fingerprint density at radius 1 is 1.04 bits per heavy atom. The van der Waals surface area contributed by atoms with Crippen LogP contribution >= 0.6 is 0 Å². The minimum absolute atomic E-state index is 0.315. The van der Waals surface area contributed by atoms with Gasteiger partial charge in [-0.2, -0.15) is 0 Å². The van der Waals surface area contributed by atoms with Crippen LogP contribution in [0.3, 0.4) is 0 Å². The van der Waals surface area contributed by atoms with Crippen molar-refractivity contribution in [3.8, 4) is 0 Å². The zero-order chi connectivity index (χ0) is 17.4. The summed E-state index contributed by atoms with van der Waals surface area (Å²) in [5, 5.41) is 0. The molecule has 0 aromatic heterocycles. The molecule has 3 nitrogen and oxygen atoms in total. The number of benzene rings is 2. The first kappa shape index (κ1) is 17.7. The molecule has 0 aliphatic carbocycles. The van der Waals surface area contributed by atoms with Crippen LogP contribution in [-0.2, 0) is 9.53 Å². The van der Waals surface area contributed by atoms with Crippen molar-refractivity contribution in [1.29, 1.82) is 0 Å². The van der Waals surface area contributed by atoms with Crippen LogP contribution in [0, 0.1) is 0 Å². The Hall–Kier alpha value is -2.68. The van der Waals surface area contributed by atoms with Gasteiger partial charge in [0.2, 0.25) is 0 Å². The maximum Gasteiger partial charge on any atom is 0.331 e. The standard InChI is InChI=1S/C21H23NO2/c1-4-24-21(23)19(15-16(2)3)22-20(17-11-7-5-8-12-17)18-13-9-6-10-14-18/h5-14,19H,2,4,15H2,1,3H3. The van der Waals surface area contributed by atoms with Crippen molar-refractivity contribution in [1.82, 2.24) is 0 Å². The van der Waals surface area contributed by atoms with Crippen LogP contribution in [0.15, 0.2) is 77.8 Å². The van der Waals surface area contributed by atoms with Crippen LogP contribution in [0.5, 0.6) is 0 Å². The van der Waals surface area contributed by atoms with E-state index in [1.807, 2.05) is 67.6 Å². The van der Waals surface area contributed by atoms with Crippen molar-refractivity contribution < 1.29 is 9.53 Å². The smallest absolute Gasteiger partial charge is 0.331 e. The molecular formula is C21H23NO2. The Kier molecular flexibility index (Phi) is 6.50. The van der Waals surface area contributed by atoms with E-state index < -0.39 is 6.04 Å². The molecule has 0 fully saturated rings. The van der Waals surface area contributed by atoms with Crippen LogP contribution in [0.2, 0.25) is 0 Å². The second kappa shape index (κ2) is 8.82. The number of nitrogens with zero attached hydrogens (tertiary/aromatic N) is 1. The van der Waals surface area contributed by atoms with Crippen LogP contribution in [-0.4, -0.2) is 24.3 Å². The lowest BCUT2D eigenvalue weighted by Gasteiger charge is -2.15. The molecule has 1 atom stereocenters. The van der Waals surface area contributed by atoms with Crippen LogP contribution in [0.25, 0.3) is 0 Å². The van der Waals surface area contributed by atoms with E-state index in [4.69, 9.17) is 9.73 Å². The molecule has 0 N–H and O–H groups in total. The van der Waals surface area contributed by atoms with E-state index in [0.29, 0.717) is 13.0 Å². The van der Waals surface area contributed by atoms with Crippen molar-refractivity contribution in [3.05, 3.63) is 83.9 Å². The molecule has 0 saturated carbocycles. The number of aliphatic imine (C=N–C) groups is 1. The van der Waals surface area contributed by atoms with E-state index in [9.17, 15) is 4.79 Å². The summed E-state index contributed by atoms with van der Waals surface area (Å²) in [6.45, 7) is 7.95. The Bertz CT molecular complexity index is 664. The molecule has 0 radical (unpaired) electrons. The fourth-order valence-electron chi connectivity index (χ4n) is 2.41. The molecule has 0 heterocycles. The molecule has 0 aliphatic heterocycles. The number of ether oxygens (including phenoxy) is 1. The van der Waals surface area contributed by atoms with Gasteiger partial charge in [0.1, 0.15) is 0 Å². The first-order valence-electron chi connectivity index (χ1n) is 8.11. The Balaban J connectivity index is 2.48. The number of carbonyl (C=O) groups excluding carboxylic acids is 1. The monoisotopic (exact) mass is 321 g/mol. The van der Waals surface area contributed by atoms with Gasteiger partial charge in [-0.05, 0) is 13.8 Å². The minimum Gasteiger partial charge on any atom is -0.464 e. The summed E-state index contributed by atoms with van der Waals surface area (Å²) in [6, 6.07) is 19.2. The van der Waals surface area contributed by atoms with Gasteiger partial charge in [-0.1, -0.05) is 66.2 Å². The van der Waals surface area contributed by atoms with Gasteiger partial charge in [0.25, 0.3) is 0 Å². The van der Waals surface area contributed by atoms with Crippen LogP contribution in [0.1, 0.15) is 31.4 Å². The summed E-state index contributed by atoms with van der Waals surface area (Å²) in [4.78, 5) is 17.1. The van der Waals surface area contributed by atoms with E-state index in [2.05, 4.69) is 6.58 Å². The average Bonchev–Trinajstić information content (AvgIpc) is 2.60. The lowest BCUT2D eigenvalue weighted by atomic mass is 10.0. The Morgan fingerprint density at radius 2 is 1.54 bits per heavy atom. The van der Waals surface area contributed by atoms with E-state index in [1.165, 1.54) is 0 Å². The number of rotatable bonds is 7. The average molecular weight is 321 g/mol. The topological polar surface area (TPSA) is 38.7 Å². The van der Waals surface area contributed by atoms with Crippen molar-refractivity contribution in [2.75, 3.05) is 6.61 Å². The number of carbonyl (C=O) groups is 1. The summed E-state index contributed by atoms with van der Waals surface area (Å²) >= 11 is 0. The van der Waals surface area contributed by atoms with Gasteiger partial charge in [0.05, 0.1) is 12.3 Å². The molecule has 3 heteroatoms. The maximum atomic E-state index is 12.3. The molecule has 0 spiro atoms. The molecule has 2 aromatic carbocycles. The summed E-state index contributed by atoms with van der Waals surface area (Å²) in [6.07, 6.45) is 0.474. The highest BCUT2D eigenvalue weighted by atomic mass is 16.5. The molecular weight excluding hydrogens is 298 g/mol. The van der Waals surface area contributed by atoms with Gasteiger partial charge in [0, 0.05) is 17.5 Å². The second-order valence-corrected chi connectivity index (χ2v) is 5.64. The minimum atomic E-state index is -0.585. The van der Waals surface area contributed by atoms with Gasteiger partial charge in [-0.3, -0.25) is 4.99 Å². The SMILES string of the molecule is C=C(C)CC(N=C(c1ccccc1)c1ccccc1)C(=O)OCC. The molecule has 0 amide bonds. The third kappa shape index (κ3) is 4.92. The highest BCUT2D eigenvalue weighted by Gasteiger charge is 2.20. The molecule has 0 saturated heterocycles. The summed E-state index contributed by atoms with van der Waals surface area (Å²) in [7, 11) is 0. The quantitative estimate of drug-likeness (QED) is 0.430. The highest BCUT2D eigenvalue weighted by Crippen LogP contribution is 2.16. The van der Waals surface area contributed by atoms with E-state index in [-0.39, 0.29) is 5.97 Å². The van der Waals surface area contributed by atoms with Gasteiger partial charge in [0.15, 0.2) is 6.04 Å². The number of hydrogen-bond acceptors (Lipinski definition) is 3. The molecule has 0 aliphatic rings. The Labute approximate surface area is 143 Å². The predicted molar refractivity (Wildman–Crippen MR) is 98.4 cm³/mol. The summed E-state index contributed by atoms with van der Waals surface area (Å²) in [5.41, 5.74) is 3.63. The second-order valence-electron chi connectivity index (χ2n) is 5.64. The largest absolute Gasteiger partial charge is 0.464 e. The Morgan fingerprint density at radius 3 is 1.96 bits per heavy atom. The summed E-state index contributed by atoms with van der Waals surface area (Å²) < 4.78 is 5.19. The molecule has 0 bridgehead atoms. The molecule has 24 heavy (non-hydrogen) atoms. The van der Waals surface area contributed by atoms with Gasteiger partial charge < -0.3 is 4.74 Å². The summed E-state index contributed by atoms with van der Waals surface area (Å²) in [5.74, 6) is -0.315. The predicted octanol–water partition coefficient (Wildman–Crippen LogP) is 4.42. The lowest BCUT2D eigenvalue weighted by Crippen LogP contribution is -2.24. The highest BCUT2D eigenvalue weighted by molar-refractivity contribution is 6.13. The fourth-order valence-corrected chi connectivity index (χ4v) is 2.41. The van der Waals surface area contributed by atoms with Gasteiger partial charge in [-0.15, -0.1) is 6.58 Å². The third-order valence-electron chi connectivity index (χ3n) is 3.48. The zero-order valence-electron chi connectivity index (χ0n) is 14.2. The van der Waals surface area contributed by atoms with E-state index >= 15 is 0 Å². The lowest BCUT2D eigenvalue weighted by molar-refractivity contribution is -0.144. The van der Waals surface area contributed by atoms with Crippen molar-refractivity contribution >= 4 is 11.7 Å². The molecule has 2 aromatic rings. The van der Waals surface area contributed by atoms with Crippen molar-refractivity contribution in [2.24, 2.45) is 4.99 Å². The molecule has 2 rings (SSSR count). The first-order chi connectivity index (χ1) is 11.6. The van der Waals surface area contributed by atoms with Crippen LogP contribution in [0.4, 0.5) is 0 Å². The maximum absolute atomic E-state index is 12.3. The normalized spacial score (nSPS) is 11.4. The van der Waals surface area contributed by atoms with Gasteiger partial charge >= 0.3 is 5.97 Å². The molecule has 1 unspecified atom stereocenters. The number of hydrogen-bond donors (Lipinski definition) is 0. The van der Waals surface area contributed by atoms with Crippen LogP contribution < -0.4 is 0 Å². The first-order valence-corrected chi connectivity index (χ1v) is 8.11. The third-order valence-corrected chi connectivity index (χ3v) is 3.48. The van der Waals surface area contributed by atoms with Crippen molar-refractivity contribution in [3.63, 3.8) is 0 Å².